The number of esters is 1. The molecule has 0 spiro atoms. The van der Waals surface area contributed by atoms with Crippen molar-refractivity contribution < 1.29 is 19.0 Å². The van der Waals surface area contributed by atoms with Crippen LogP contribution in [0.4, 0.5) is 0 Å². The zero-order valence-corrected chi connectivity index (χ0v) is 33.9. The van der Waals surface area contributed by atoms with Gasteiger partial charge in [-0.3, -0.25) is 0 Å². The number of benzene rings is 1. The van der Waals surface area contributed by atoms with E-state index in [2.05, 4.69) is 76.3 Å². The minimum Gasteiger partial charge on any atom is -0.493 e. The SMILES string of the molecule is CCCCCC=CCC=CCCCCCCCCOc1cc(C(=O)OC)cc(OCCCCCCCCC=CCC=CCCCCC)c1C(C)C. The largest absolute Gasteiger partial charge is 0.493 e. The molecule has 1 rings (SSSR count). The highest BCUT2D eigenvalue weighted by Gasteiger charge is 2.20. The van der Waals surface area contributed by atoms with Gasteiger partial charge in [-0.05, 0) is 95.1 Å². The van der Waals surface area contributed by atoms with E-state index in [0.717, 1.165) is 55.6 Å². The molecule has 0 aliphatic heterocycles. The van der Waals surface area contributed by atoms with Gasteiger partial charge in [-0.15, -0.1) is 0 Å². The van der Waals surface area contributed by atoms with Crippen molar-refractivity contribution in [2.45, 2.75) is 188 Å². The quantitative estimate of drug-likeness (QED) is 0.0406. The Morgan fingerprint density at radius 3 is 1.24 bits per heavy atom. The van der Waals surface area contributed by atoms with Crippen molar-refractivity contribution in [3.63, 3.8) is 0 Å². The average Bonchev–Trinajstić information content (AvgIpc) is 3.13. The van der Waals surface area contributed by atoms with Crippen LogP contribution in [0.2, 0.25) is 0 Å². The molecule has 1 aromatic rings. The Morgan fingerprint density at radius 2 is 0.882 bits per heavy atom. The van der Waals surface area contributed by atoms with E-state index >= 15 is 0 Å². The lowest BCUT2D eigenvalue weighted by Gasteiger charge is -2.20. The highest BCUT2D eigenvalue weighted by molar-refractivity contribution is 5.90. The van der Waals surface area contributed by atoms with Gasteiger partial charge < -0.3 is 14.2 Å². The molecular weight excluding hydrogens is 629 g/mol. The summed E-state index contributed by atoms with van der Waals surface area (Å²) in [6.07, 6.45) is 47.8. The molecular formula is C47H78O4. The maximum absolute atomic E-state index is 12.5. The summed E-state index contributed by atoms with van der Waals surface area (Å²) in [4.78, 5) is 12.5. The normalized spacial score (nSPS) is 12.0. The first-order valence-electron chi connectivity index (χ1n) is 21.2. The van der Waals surface area contributed by atoms with Crippen LogP contribution < -0.4 is 9.47 Å². The van der Waals surface area contributed by atoms with Crippen LogP contribution in [0.3, 0.4) is 0 Å². The van der Waals surface area contributed by atoms with Crippen LogP contribution in [0.1, 0.15) is 204 Å². The van der Waals surface area contributed by atoms with Crippen LogP contribution in [0.15, 0.2) is 60.7 Å². The van der Waals surface area contributed by atoms with Crippen LogP contribution in [0.25, 0.3) is 0 Å². The number of rotatable bonds is 34. The standard InChI is InChI=1S/C47H78O4/c1-6-8-10-12-14-16-18-20-22-24-26-28-30-32-34-36-38-50-44-40-43(47(48)49-5)41-45(46(44)42(3)4)51-39-37-35-33-31-29-27-25-23-21-19-17-15-13-11-9-7-2/h14-17,20-23,40-42H,6-13,18-19,24-39H2,1-5H3. The summed E-state index contributed by atoms with van der Waals surface area (Å²) in [5, 5.41) is 0. The van der Waals surface area contributed by atoms with Crippen molar-refractivity contribution >= 4 is 5.97 Å². The Kier molecular flexibility index (Phi) is 31.2. The van der Waals surface area contributed by atoms with E-state index in [-0.39, 0.29) is 11.9 Å². The van der Waals surface area contributed by atoms with Crippen molar-refractivity contribution in [3.8, 4) is 11.5 Å². The summed E-state index contributed by atoms with van der Waals surface area (Å²) in [6.45, 7) is 10.1. The molecule has 1 aromatic carbocycles. The number of hydrogen-bond donors (Lipinski definition) is 0. The van der Waals surface area contributed by atoms with Crippen molar-refractivity contribution in [1.29, 1.82) is 0 Å². The topological polar surface area (TPSA) is 44.8 Å². The maximum atomic E-state index is 12.5. The molecule has 4 heteroatoms. The van der Waals surface area contributed by atoms with Crippen molar-refractivity contribution in [1.82, 2.24) is 0 Å². The molecule has 0 aliphatic rings. The Bertz CT molecular complexity index is 1010. The molecule has 0 bridgehead atoms. The van der Waals surface area contributed by atoms with Gasteiger partial charge in [0.1, 0.15) is 11.5 Å². The third kappa shape index (κ3) is 25.8. The third-order valence-corrected chi connectivity index (χ3v) is 9.31. The number of allylic oxidation sites excluding steroid dienone is 8. The second-order valence-corrected chi connectivity index (χ2v) is 14.4. The van der Waals surface area contributed by atoms with E-state index in [9.17, 15) is 4.79 Å². The molecule has 0 aromatic heterocycles. The summed E-state index contributed by atoms with van der Waals surface area (Å²) >= 11 is 0. The van der Waals surface area contributed by atoms with Gasteiger partial charge in [0.2, 0.25) is 0 Å². The van der Waals surface area contributed by atoms with Crippen molar-refractivity contribution in [2.24, 2.45) is 0 Å². The minimum atomic E-state index is -0.359. The average molecular weight is 707 g/mol. The van der Waals surface area contributed by atoms with Crippen molar-refractivity contribution in [3.05, 3.63) is 71.9 Å². The van der Waals surface area contributed by atoms with Gasteiger partial charge in [0.05, 0.1) is 25.9 Å². The molecule has 0 saturated carbocycles. The second-order valence-electron chi connectivity index (χ2n) is 14.4. The summed E-state index contributed by atoms with van der Waals surface area (Å²) < 4.78 is 17.7. The fourth-order valence-corrected chi connectivity index (χ4v) is 6.19. The molecule has 4 nitrogen and oxygen atoms in total. The van der Waals surface area contributed by atoms with E-state index in [1.54, 1.807) is 0 Å². The molecule has 0 heterocycles. The molecule has 0 atom stereocenters. The van der Waals surface area contributed by atoms with E-state index in [1.165, 1.54) is 123 Å². The van der Waals surface area contributed by atoms with Crippen molar-refractivity contribution in [2.75, 3.05) is 20.3 Å². The molecule has 0 saturated heterocycles. The fourth-order valence-electron chi connectivity index (χ4n) is 6.19. The third-order valence-electron chi connectivity index (χ3n) is 9.31. The molecule has 0 fully saturated rings. The molecule has 290 valence electrons. The first kappa shape index (κ1) is 46.3. The van der Waals surface area contributed by atoms with E-state index < -0.39 is 0 Å². The fraction of sp³-hybridized carbons (Fsp3) is 0.681. The van der Waals surface area contributed by atoms with Gasteiger partial charge in [-0.1, -0.05) is 153 Å². The Balaban J connectivity index is 2.34. The Labute approximate surface area is 315 Å². The number of carbonyl (C=O) groups is 1. The Hall–Kier alpha value is -2.75. The van der Waals surface area contributed by atoms with Crippen LogP contribution >= 0.6 is 0 Å². The van der Waals surface area contributed by atoms with Gasteiger partial charge in [0.15, 0.2) is 0 Å². The van der Waals surface area contributed by atoms with E-state index in [1.807, 2.05) is 12.1 Å². The predicted octanol–water partition coefficient (Wildman–Crippen LogP) is 15.0. The second kappa shape index (κ2) is 34.3. The first-order valence-corrected chi connectivity index (χ1v) is 21.2. The zero-order valence-electron chi connectivity index (χ0n) is 33.9. The number of ether oxygens (including phenoxy) is 3. The lowest BCUT2D eigenvalue weighted by atomic mass is 9.98. The van der Waals surface area contributed by atoms with Crippen LogP contribution in [0.5, 0.6) is 11.5 Å². The number of carbonyl (C=O) groups excluding carboxylic acids is 1. The zero-order chi connectivity index (χ0) is 37.0. The van der Waals surface area contributed by atoms with Gasteiger partial charge in [0, 0.05) is 5.56 Å². The lowest BCUT2D eigenvalue weighted by Crippen LogP contribution is -2.09. The summed E-state index contributed by atoms with van der Waals surface area (Å²) in [7, 11) is 1.42. The number of hydrogen-bond acceptors (Lipinski definition) is 4. The smallest absolute Gasteiger partial charge is 0.338 e. The minimum absolute atomic E-state index is 0.216. The lowest BCUT2D eigenvalue weighted by molar-refractivity contribution is 0.0599. The molecule has 0 radical (unpaired) electrons. The van der Waals surface area contributed by atoms with E-state index in [4.69, 9.17) is 14.2 Å². The predicted molar refractivity (Wildman–Crippen MR) is 222 cm³/mol. The van der Waals surface area contributed by atoms with Gasteiger partial charge in [0.25, 0.3) is 0 Å². The van der Waals surface area contributed by atoms with Crippen LogP contribution in [-0.2, 0) is 4.74 Å². The summed E-state index contributed by atoms with van der Waals surface area (Å²) in [5.74, 6) is 1.36. The van der Waals surface area contributed by atoms with Gasteiger partial charge in [-0.2, -0.15) is 0 Å². The highest BCUT2D eigenvalue weighted by atomic mass is 16.5. The van der Waals surface area contributed by atoms with Gasteiger partial charge >= 0.3 is 5.97 Å². The van der Waals surface area contributed by atoms with E-state index in [0.29, 0.717) is 18.8 Å². The molecule has 0 N–H and O–H groups in total. The molecule has 0 aliphatic carbocycles. The summed E-state index contributed by atoms with van der Waals surface area (Å²) in [5.41, 5.74) is 1.53. The van der Waals surface area contributed by atoms with Crippen LogP contribution in [0, 0.1) is 0 Å². The first-order chi connectivity index (χ1) is 25.0. The molecule has 0 amide bonds. The van der Waals surface area contributed by atoms with Crippen LogP contribution in [-0.4, -0.2) is 26.3 Å². The van der Waals surface area contributed by atoms with Gasteiger partial charge in [-0.25, -0.2) is 4.79 Å². The molecule has 51 heavy (non-hydrogen) atoms. The number of methoxy groups -OCH3 is 1. The maximum Gasteiger partial charge on any atom is 0.338 e. The monoisotopic (exact) mass is 707 g/mol. The Morgan fingerprint density at radius 1 is 0.529 bits per heavy atom. The summed E-state index contributed by atoms with van der Waals surface area (Å²) in [6, 6.07) is 3.68. The highest BCUT2D eigenvalue weighted by Crippen LogP contribution is 2.37. The molecule has 0 unspecified atom stereocenters. The number of unbranched alkanes of at least 4 members (excludes halogenated alkanes) is 18.